The van der Waals surface area contributed by atoms with Gasteiger partial charge in [0.05, 0.1) is 6.10 Å². The molecule has 3 fully saturated rings. The fraction of sp³-hybridized carbons (Fsp3) is 0.650. The van der Waals surface area contributed by atoms with E-state index >= 15 is 0 Å². The van der Waals surface area contributed by atoms with Gasteiger partial charge in [0, 0.05) is 49.2 Å². The fourth-order valence-corrected chi connectivity index (χ4v) is 5.26. The SMILES string of the molecule is CC(=O)Nc1cccc(OCCNC2C3CCOC3C23CCCC3)c1. The van der Waals surface area contributed by atoms with Crippen molar-refractivity contribution in [2.45, 2.75) is 51.2 Å². The molecule has 1 aromatic carbocycles. The zero-order valence-electron chi connectivity index (χ0n) is 14.9. The predicted octanol–water partition coefficient (Wildman–Crippen LogP) is 2.96. The zero-order chi connectivity index (χ0) is 17.3. The molecule has 2 saturated carbocycles. The number of rotatable bonds is 6. The van der Waals surface area contributed by atoms with Gasteiger partial charge in [-0.3, -0.25) is 4.79 Å². The number of hydrogen-bond donors (Lipinski definition) is 2. The standard InChI is InChI=1S/C20H28N2O3/c1-14(23)22-15-5-4-6-16(13-15)24-12-10-21-18-17-7-11-25-19(17)20(18)8-2-3-9-20/h4-6,13,17-19,21H,2-3,7-12H2,1H3,(H,22,23). The van der Waals surface area contributed by atoms with E-state index in [-0.39, 0.29) is 5.91 Å². The highest BCUT2D eigenvalue weighted by molar-refractivity contribution is 5.88. The topological polar surface area (TPSA) is 59.6 Å². The van der Waals surface area contributed by atoms with Crippen LogP contribution in [0.2, 0.25) is 0 Å². The Kier molecular flexibility index (Phi) is 4.69. The summed E-state index contributed by atoms with van der Waals surface area (Å²) in [7, 11) is 0. The molecule has 5 nitrogen and oxygen atoms in total. The molecule has 0 bridgehead atoms. The first kappa shape index (κ1) is 16.9. The van der Waals surface area contributed by atoms with E-state index in [2.05, 4.69) is 10.6 Å². The maximum absolute atomic E-state index is 11.1. The predicted molar refractivity (Wildman–Crippen MR) is 96.8 cm³/mol. The Morgan fingerprint density at radius 3 is 3.00 bits per heavy atom. The molecule has 3 unspecified atom stereocenters. The summed E-state index contributed by atoms with van der Waals surface area (Å²) < 4.78 is 11.9. The quantitative estimate of drug-likeness (QED) is 0.779. The Bertz CT molecular complexity index is 627. The third-order valence-corrected chi connectivity index (χ3v) is 6.18. The molecule has 2 N–H and O–H groups in total. The van der Waals surface area contributed by atoms with E-state index in [0.717, 1.165) is 24.6 Å². The van der Waals surface area contributed by atoms with Crippen LogP contribution in [-0.2, 0) is 9.53 Å². The van der Waals surface area contributed by atoms with Gasteiger partial charge in [0.25, 0.3) is 0 Å². The van der Waals surface area contributed by atoms with Gasteiger partial charge >= 0.3 is 0 Å². The molecule has 1 spiro atoms. The van der Waals surface area contributed by atoms with Crippen LogP contribution < -0.4 is 15.4 Å². The summed E-state index contributed by atoms with van der Waals surface area (Å²) in [5.74, 6) is 1.42. The Balaban J connectivity index is 1.27. The van der Waals surface area contributed by atoms with Gasteiger partial charge in [-0.1, -0.05) is 18.9 Å². The molecule has 1 aliphatic heterocycles. The third kappa shape index (κ3) is 3.15. The number of nitrogens with one attached hydrogen (secondary N) is 2. The summed E-state index contributed by atoms with van der Waals surface area (Å²) in [5, 5.41) is 6.55. The number of anilines is 1. The van der Waals surface area contributed by atoms with Gasteiger partial charge in [0.2, 0.25) is 5.91 Å². The number of carbonyl (C=O) groups excluding carboxylic acids is 1. The molecule has 1 aromatic rings. The minimum absolute atomic E-state index is 0.0704. The number of carbonyl (C=O) groups is 1. The molecule has 3 aliphatic rings. The first-order valence-corrected chi connectivity index (χ1v) is 9.54. The third-order valence-electron chi connectivity index (χ3n) is 6.18. The van der Waals surface area contributed by atoms with Gasteiger partial charge in [0.1, 0.15) is 12.4 Å². The lowest BCUT2D eigenvalue weighted by molar-refractivity contribution is -0.130. The highest BCUT2D eigenvalue weighted by atomic mass is 16.5. The highest BCUT2D eigenvalue weighted by Gasteiger charge is 2.64. The van der Waals surface area contributed by atoms with E-state index in [1.165, 1.54) is 39.0 Å². The fourth-order valence-electron chi connectivity index (χ4n) is 5.26. The van der Waals surface area contributed by atoms with Gasteiger partial charge in [-0.15, -0.1) is 0 Å². The Labute approximate surface area is 149 Å². The van der Waals surface area contributed by atoms with Gasteiger partial charge in [-0.05, 0) is 31.4 Å². The molecule has 3 atom stereocenters. The van der Waals surface area contributed by atoms with Crippen molar-refractivity contribution in [2.24, 2.45) is 11.3 Å². The average molecular weight is 344 g/mol. The highest BCUT2D eigenvalue weighted by Crippen LogP contribution is 2.60. The molecular formula is C20H28N2O3. The van der Waals surface area contributed by atoms with Crippen molar-refractivity contribution in [3.05, 3.63) is 24.3 Å². The zero-order valence-corrected chi connectivity index (χ0v) is 14.9. The van der Waals surface area contributed by atoms with Gasteiger partial charge in [-0.25, -0.2) is 0 Å². The van der Waals surface area contributed by atoms with E-state index in [1.54, 1.807) is 0 Å². The first-order valence-electron chi connectivity index (χ1n) is 9.54. The average Bonchev–Trinajstić information content (AvgIpc) is 3.23. The lowest BCUT2D eigenvalue weighted by Crippen LogP contribution is -2.67. The molecule has 5 heteroatoms. The van der Waals surface area contributed by atoms with Crippen molar-refractivity contribution in [3.8, 4) is 5.75 Å². The van der Waals surface area contributed by atoms with E-state index < -0.39 is 0 Å². The maximum atomic E-state index is 11.1. The number of ether oxygens (including phenoxy) is 2. The lowest BCUT2D eigenvalue weighted by atomic mass is 9.54. The van der Waals surface area contributed by atoms with E-state index in [4.69, 9.17) is 9.47 Å². The largest absolute Gasteiger partial charge is 0.492 e. The van der Waals surface area contributed by atoms with Crippen LogP contribution in [0.3, 0.4) is 0 Å². The molecule has 4 rings (SSSR count). The molecule has 2 aliphatic carbocycles. The molecule has 1 amide bonds. The number of amides is 1. The summed E-state index contributed by atoms with van der Waals surface area (Å²) in [6.45, 7) is 3.92. The van der Waals surface area contributed by atoms with Crippen molar-refractivity contribution in [1.82, 2.24) is 5.32 Å². The van der Waals surface area contributed by atoms with E-state index in [1.807, 2.05) is 24.3 Å². The second kappa shape index (κ2) is 6.96. The van der Waals surface area contributed by atoms with Gasteiger partial charge in [0.15, 0.2) is 0 Å². The summed E-state index contributed by atoms with van der Waals surface area (Å²) in [6, 6.07) is 8.15. The summed E-state index contributed by atoms with van der Waals surface area (Å²) >= 11 is 0. The molecular weight excluding hydrogens is 316 g/mol. The van der Waals surface area contributed by atoms with Crippen molar-refractivity contribution >= 4 is 11.6 Å². The molecule has 1 saturated heterocycles. The molecule has 25 heavy (non-hydrogen) atoms. The Hall–Kier alpha value is -1.59. The first-order chi connectivity index (χ1) is 12.2. The molecule has 0 radical (unpaired) electrons. The summed E-state index contributed by atoms with van der Waals surface area (Å²) in [4.78, 5) is 11.1. The van der Waals surface area contributed by atoms with Crippen molar-refractivity contribution in [3.63, 3.8) is 0 Å². The minimum Gasteiger partial charge on any atom is -0.492 e. The van der Waals surface area contributed by atoms with Crippen molar-refractivity contribution in [2.75, 3.05) is 25.1 Å². The van der Waals surface area contributed by atoms with Crippen LogP contribution in [0.1, 0.15) is 39.0 Å². The van der Waals surface area contributed by atoms with Crippen molar-refractivity contribution < 1.29 is 14.3 Å². The minimum atomic E-state index is -0.0704. The van der Waals surface area contributed by atoms with Crippen LogP contribution in [0.4, 0.5) is 5.69 Å². The monoisotopic (exact) mass is 344 g/mol. The maximum Gasteiger partial charge on any atom is 0.221 e. The molecule has 0 aromatic heterocycles. The van der Waals surface area contributed by atoms with Crippen LogP contribution >= 0.6 is 0 Å². The summed E-state index contributed by atoms with van der Waals surface area (Å²) in [6.07, 6.45) is 7.01. The second-order valence-electron chi connectivity index (χ2n) is 7.67. The van der Waals surface area contributed by atoms with Crippen molar-refractivity contribution in [1.29, 1.82) is 0 Å². The van der Waals surface area contributed by atoms with Gasteiger partial charge in [-0.2, -0.15) is 0 Å². The van der Waals surface area contributed by atoms with E-state index in [9.17, 15) is 4.79 Å². The lowest BCUT2D eigenvalue weighted by Gasteiger charge is -2.57. The summed E-state index contributed by atoms with van der Waals surface area (Å²) in [5.41, 5.74) is 1.17. The number of fused-ring (bicyclic) bond motifs is 2. The van der Waals surface area contributed by atoms with E-state index in [0.29, 0.717) is 30.1 Å². The van der Waals surface area contributed by atoms with Crippen LogP contribution in [0.15, 0.2) is 24.3 Å². The normalized spacial score (nSPS) is 29.2. The molecule has 1 heterocycles. The molecule has 136 valence electrons. The Morgan fingerprint density at radius 1 is 1.36 bits per heavy atom. The number of benzene rings is 1. The Morgan fingerprint density at radius 2 is 2.20 bits per heavy atom. The van der Waals surface area contributed by atoms with Crippen LogP contribution in [0.5, 0.6) is 5.75 Å². The van der Waals surface area contributed by atoms with Gasteiger partial charge < -0.3 is 20.1 Å². The van der Waals surface area contributed by atoms with Crippen LogP contribution in [-0.4, -0.2) is 37.8 Å². The van der Waals surface area contributed by atoms with Crippen LogP contribution in [0, 0.1) is 11.3 Å². The van der Waals surface area contributed by atoms with Crippen LogP contribution in [0.25, 0.3) is 0 Å². The smallest absolute Gasteiger partial charge is 0.221 e. The number of hydrogen-bond acceptors (Lipinski definition) is 4. The second-order valence-corrected chi connectivity index (χ2v) is 7.67.